The Kier molecular flexibility index (Phi) is 8.60. The summed E-state index contributed by atoms with van der Waals surface area (Å²) in [4.78, 5) is 23.9. The van der Waals surface area contributed by atoms with Crippen LogP contribution in [0.3, 0.4) is 0 Å². The Balaban J connectivity index is 1.34. The summed E-state index contributed by atoms with van der Waals surface area (Å²) in [6.45, 7) is 3.09. The number of anilines is 5. The summed E-state index contributed by atoms with van der Waals surface area (Å²) in [6.07, 6.45) is 1.42. The Labute approximate surface area is 236 Å². The van der Waals surface area contributed by atoms with Crippen molar-refractivity contribution >= 4 is 34.7 Å². The first-order valence-corrected chi connectivity index (χ1v) is 12.8. The number of rotatable bonds is 9. The zero-order valence-electron chi connectivity index (χ0n) is 22.5. The number of benzene rings is 3. The average molecular weight is 561 g/mol. The molecule has 12 heteroatoms. The molecule has 1 fully saturated rings. The number of hydrogen-bond acceptors (Lipinski definition) is 9. The maximum absolute atomic E-state index is 13.5. The van der Waals surface area contributed by atoms with Gasteiger partial charge in [0.2, 0.25) is 11.8 Å². The predicted molar refractivity (Wildman–Crippen MR) is 153 cm³/mol. The molecule has 2 heterocycles. The van der Waals surface area contributed by atoms with E-state index in [4.69, 9.17) is 18.9 Å². The van der Waals surface area contributed by atoms with E-state index in [9.17, 15) is 9.18 Å². The van der Waals surface area contributed by atoms with E-state index in [1.54, 1.807) is 18.2 Å². The summed E-state index contributed by atoms with van der Waals surface area (Å²) in [7, 11) is 3.03. The molecule has 5 rings (SSSR count). The van der Waals surface area contributed by atoms with Crippen LogP contribution in [0.15, 0.2) is 72.9 Å². The van der Waals surface area contributed by atoms with Crippen LogP contribution in [0.25, 0.3) is 0 Å². The van der Waals surface area contributed by atoms with Crippen LogP contribution in [0.1, 0.15) is 0 Å². The summed E-state index contributed by atoms with van der Waals surface area (Å²) in [5, 5.41) is 8.58. The molecule has 2 amide bonds. The third-order valence-electron chi connectivity index (χ3n) is 6.14. The number of carbonyl (C=O) groups excluding carboxylic acids is 1. The van der Waals surface area contributed by atoms with Gasteiger partial charge in [0.05, 0.1) is 33.6 Å². The number of aromatic nitrogens is 2. The van der Waals surface area contributed by atoms with Gasteiger partial charge in [-0.15, -0.1) is 0 Å². The number of methoxy groups -OCH3 is 2. The maximum Gasteiger partial charge on any atom is 0.323 e. The van der Waals surface area contributed by atoms with E-state index in [1.807, 2.05) is 24.3 Å². The van der Waals surface area contributed by atoms with Crippen molar-refractivity contribution in [1.29, 1.82) is 0 Å². The minimum absolute atomic E-state index is 0.0532. The van der Waals surface area contributed by atoms with E-state index >= 15 is 0 Å². The second-order valence-corrected chi connectivity index (χ2v) is 8.92. The van der Waals surface area contributed by atoms with Crippen LogP contribution < -0.4 is 35.1 Å². The van der Waals surface area contributed by atoms with Crippen molar-refractivity contribution in [1.82, 2.24) is 9.97 Å². The lowest BCUT2D eigenvalue weighted by molar-refractivity contribution is 0.122. The number of urea groups is 1. The number of nitrogens with one attached hydrogen (secondary N) is 3. The zero-order chi connectivity index (χ0) is 28.6. The third kappa shape index (κ3) is 7.31. The van der Waals surface area contributed by atoms with E-state index in [-0.39, 0.29) is 17.5 Å². The van der Waals surface area contributed by atoms with Crippen molar-refractivity contribution in [2.75, 3.05) is 61.4 Å². The van der Waals surface area contributed by atoms with Gasteiger partial charge < -0.3 is 39.8 Å². The van der Waals surface area contributed by atoms with Crippen molar-refractivity contribution in [3.63, 3.8) is 0 Å². The van der Waals surface area contributed by atoms with E-state index in [1.165, 1.54) is 44.7 Å². The van der Waals surface area contributed by atoms with E-state index < -0.39 is 11.8 Å². The number of halogens is 1. The molecular formula is C29H29FN6O5. The highest BCUT2D eigenvalue weighted by Gasteiger charge is 2.15. The first-order chi connectivity index (χ1) is 20.0. The van der Waals surface area contributed by atoms with Crippen molar-refractivity contribution in [3.05, 3.63) is 78.7 Å². The minimum atomic E-state index is -0.577. The third-order valence-corrected chi connectivity index (χ3v) is 6.14. The zero-order valence-corrected chi connectivity index (χ0v) is 22.5. The molecular weight excluding hydrogens is 531 g/mol. The van der Waals surface area contributed by atoms with Gasteiger partial charge in [0.15, 0.2) is 0 Å². The van der Waals surface area contributed by atoms with Crippen molar-refractivity contribution in [2.45, 2.75) is 0 Å². The molecule has 0 bridgehead atoms. The summed E-state index contributed by atoms with van der Waals surface area (Å²) in [6, 6.07) is 17.7. The smallest absolute Gasteiger partial charge is 0.323 e. The van der Waals surface area contributed by atoms with Crippen LogP contribution in [0.5, 0.6) is 23.1 Å². The van der Waals surface area contributed by atoms with E-state index in [0.29, 0.717) is 36.1 Å². The number of amides is 2. The fourth-order valence-corrected chi connectivity index (χ4v) is 4.07. The molecule has 0 unspecified atom stereocenters. The molecule has 4 aromatic rings. The standard InChI is InChI=1S/C29H29FN6O5/c1-38-24-15-21(16-25(17-24)39-2)33-29(37)34-26-18-31-28(35-27(26)41-23-9-3-19(30)4-10-23)32-20-5-7-22(8-6-20)36-11-13-40-14-12-36/h3-10,15-18H,11-14H2,1-2H3,(H,31,32,35)(H2,33,34,37). The van der Waals surface area contributed by atoms with Crippen molar-refractivity contribution < 1.29 is 28.1 Å². The quantitative estimate of drug-likeness (QED) is 0.239. The molecule has 212 valence electrons. The van der Waals surface area contributed by atoms with Gasteiger partial charge in [-0.1, -0.05) is 0 Å². The highest BCUT2D eigenvalue weighted by Crippen LogP contribution is 2.30. The summed E-state index contributed by atoms with van der Waals surface area (Å²) in [5.74, 6) is 1.23. The first-order valence-electron chi connectivity index (χ1n) is 12.8. The van der Waals surface area contributed by atoms with E-state index in [0.717, 1.165) is 24.5 Å². The predicted octanol–water partition coefficient (Wildman–Crippen LogP) is 5.65. The topological polar surface area (TPSA) is 119 Å². The highest BCUT2D eigenvalue weighted by molar-refractivity contribution is 6.00. The number of morpholine rings is 1. The number of carbonyl (C=O) groups is 1. The Morgan fingerprint density at radius 3 is 2.22 bits per heavy atom. The number of nitrogens with zero attached hydrogens (tertiary/aromatic N) is 3. The van der Waals surface area contributed by atoms with Gasteiger partial charge in [0, 0.05) is 48.4 Å². The number of ether oxygens (including phenoxy) is 4. The largest absolute Gasteiger partial charge is 0.497 e. The molecule has 1 aromatic heterocycles. The van der Waals surface area contributed by atoms with Crippen LogP contribution in [0.4, 0.5) is 37.9 Å². The molecule has 1 aliphatic heterocycles. The molecule has 11 nitrogen and oxygen atoms in total. The SMILES string of the molecule is COc1cc(NC(=O)Nc2cnc(Nc3ccc(N4CCOCC4)cc3)nc2Oc2ccc(F)cc2)cc(OC)c1. The molecule has 0 radical (unpaired) electrons. The lowest BCUT2D eigenvalue weighted by atomic mass is 10.2. The molecule has 1 aliphatic rings. The second kappa shape index (κ2) is 12.8. The lowest BCUT2D eigenvalue weighted by Gasteiger charge is -2.28. The van der Waals surface area contributed by atoms with Crippen molar-refractivity contribution in [2.24, 2.45) is 0 Å². The van der Waals surface area contributed by atoms with Crippen LogP contribution in [0, 0.1) is 5.82 Å². The van der Waals surface area contributed by atoms with Crippen LogP contribution in [-0.2, 0) is 4.74 Å². The fraction of sp³-hybridized carbons (Fsp3) is 0.207. The van der Waals surface area contributed by atoms with Crippen molar-refractivity contribution in [3.8, 4) is 23.1 Å². The summed E-state index contributed by atoms with van der Waals surface area (Å²) < 4.78 is 35.3. The molecule has 1 saturated heterocycles. The van der Waals surface area contributed by atoms with Gasteiger partial charge in [-0.2, -0.15) is 4.98 Å². The monoisotopic (exact) mass is 560 g/mol. The average Bonchev–Trinajstić information content (AvgIpc) is 3.00. The maximum atomic E-state index is 13.5. The van der Waals surface area contributed by atoms with Gasteiger partial charge in [0.1, 0.15) is 28.8 Å². The lowest BCUT2D eigenvalue weighted by Crippen LogP contribution is -2.36. The van der Waals surface area contributed by atoms with Gasteiger partial charge in [-0.3, -0.25) is 0 Å². The minimum Gasteiger partial charge on any atom is -0.497 e. The van der Waals surface area contributed by atoms with Gasteiger partial charge >= 0.3 is 6.03 Å². The Bertz CT molecular complexity index is 1460. The van der Waals surface area contributed by atoms with Crippen LogP contribution in [0.2, 0.25) is 0 Å². The highest BCUT2D eigenvalue weighted by atomic mass is 19.1. The van der Waals surface area contributed by atoms with E-state index in [2.05, 4.69) is 30.8 Å². The van der Waals surface area contributed by atoms with Crippen LogP contribution >= 0.6 is 0 Å². The normalized spacial score (nSPS) is 12.8. The summed E-state index contributed by atoms with van der Waals surface area (Å²) >= 11 is 0. The van der Waals surface area contributed by atoms with Gasteiger partial charge in [-0.25, -0.2) is 14.2 Å². The molecule has 3 aromatic carbocycles. The summed E-state index contributed by atoms with van der Waals surface area (Å²) in [5.41, 5.74) is 2.49. The van der Waals surface area contributed by atoms with Gasteiger partial charge in [-0.05, 0) is 48.5 Å². The molecule has 0 aliphatic carbocycles. The Morgan fingerprint density at radius 1 is 0.878 bits per heavy atom. The second-order valence-electron chi connectivity index (χ2n) is 8.92. The molecule has 0 spiro atoms. The molecule has 41 heavy (non-hydrogen) atoms. The molecule has 3 N–H and O–H groups in total. The first kappa shape index (κ1) is 27.5. The van der Waals surface area contributed by atoms with Gasteiger partial charge in [0.25, 0.3) is 0 Å². The fourth-order valence-electron chi connectivity index (χ4n) is 4.07. The van der Waals surface area contributed by atoms with Crippen LogP contribution in [-0.4, -0.2) is 56.5 Å². The Hall–Kier alpha value is -5.10. The molecule has 0 atom stereocenters. The number of hydrogen-bond donors (Lipinski definition) is 3. The Morgan fingerprint density at radius 2 is 1.56 bits per heavy atom. The molecule has 0 saturated carbocycles.